The molecule has 0 bridgehead atoms. The predicted octanol–water partition coefficient (Wildman–Crippen LogP) is 2.48. The summed E-state index contributed by atoms with van der Waals surface area (Å²) >= 11 is 0. The number of ketones is 1. The second kappa shape index (κ2) is 5.77. The molecule has 1 rings (SSSR count). The zero-order valence-corrected chi connectivity index (χ0v) is 10.8. The van der Waals surface area contributed by atoms with Gasteiger partial charge in [0.05, 0.1) is 12.8 Å². The van der Waals surface area contributed by atoms with E-state index < -0.39 is 5.60 Å². The van der Waals surface area contributed by atoms with Crippen LogP contribution in [0.4, 0.5) is 0 Å². The van der Waals surface area contributed by atoms with Gasteiger partial charge in [0.25, 0.3) is 0 Å². The van der Waals surface area contributed by atoms with Crippen LogP contribution >= 0.6 is 0 Å². The van der Waals surface area contributed by atoms with Gasteiger partial charge in [-0.1, -0.05) is 0 Å². The lowest BCUT2D eigenvalue weighted by atomic mass is 9.97. The van der Waals surface area contributed by atoms with Crippen molar-refractivity contribution in [3.05, 3.63) is 24.0 Å². The molecule has 0 N–H and O–H groups in total. The molecule has 1 heterocycles. The van der Waals surface area contributed by atoms with E-state index in [-0.39, 0.29) is 5.78 Å². The lowest BCUT2D eigenvalue weighted by molar-refractivity contribution is 0.00121. The SMILES string of the molecule is CCOc1cncc(C(=O)C(C)(C)OCC)c1. The monoisotopic (exact) mass is 237 g/mol. The Bertz CT molecular complexity index is 388. The van der Waals surface area contributed by atoms with Gasteiger partial charge in [0, 0.05) is 18.4 Å². The van der Waals surface area contributed by atoms with Gasteiger partial charge in [0.2, 0.25) is 0 Å². The zero-order chi connectivity index (χ0) is 12.9. The first-order valence-corrected chi connectivity index (χ1v) is 5.78. The summed E-state index contributed by atoms with van der Waals surface area (Å²) in [7, 11) is 0. The third-order valence-electron chi connectivity index (χ3n) is 2.34. The van der Waals surface area contributed by atoms with Gasteiger partial charge in [-0.2, -0.15) is 0 Å². The molecule has 0 aliphatic carbocycles. The minimum atomic E-state index is -0.832. The highest BCUT2D eigenvalue weighted by Gasteiger charge is 2.29. The lowest BCUT2D eigenvalue weighted by Gasteiger charge is -2.22. The highest BCUT2D eigenvalue weighted by molar-refractivity contribution is 6.01. The van der Waals surface area contributed by atoms with Gasteiger partial charge in [-0.15, -0.1) is 0 Å². The van der Waals surface area contributed by atoms with Crippen LogP contribution in [0, 0.1) is 0 Å². The maximum atomic E-state index is 12.2. The topological polar surface area (TPSA) is 48.4 Å². The molecule has 0 aromatic carbocycles. The maximum absolute atomic E-state index is 12.2. The van der Waals surface area contributed by atoms with Crippen LogP contribution in [0.15, 0.2) is 18.5 Å². The van der Waals surface area contributed by atoms with Crippen LogP contribution in [-0.2, 0) is 4.74 Å². The van der Waals surface area contributed by atoms with E-state index in [0.29, 0.717) is 24.5 Å². The largest absolute Gasteiger partial charge is 0.492 e. The number of ether oxygens (including phenoxy) is 2. The Balaban J connectivity index is 2.92. The molecule has 0 amide bonds. The number of Topliss-reactive ketones (excluding diaryl/α,β-unsaturated/α-hetero) is 1. The van der Waals surface area contributed by atoms with Crippen molar-refractivity contribution in [2.45, 2.75) is 33.3 Å². The molecular formula is C13H19NO3. The molecule has 0 fully saturated rings. The number of hydrogen-bond acceptors (Lipinski definition) is 4. The standard InChI is InChI=1S/C13H19NO3/c1-5-16-11-7-10(8-14-9-11)12(15)13(3,4)17-6-2/h7-9H,5-6H2,1-4H3. The molecule has 94 valence electrons. The van der Waals surface area contributed by atoms with E-state index in [1.165, 1.54) is 6.20 Å². The van der Waals surface area contributed by atoms with E-state index in [9.17, 15) is 4.79 Å². The Hall–Kier alpha value is -1.42. The summed E-state index contributed by atoms with van der Waals surface area (Å²) < 4.78 is 10.7. The van der Waals surface area contributed by atoms with Crippen LogP contribution in [0.1, 0.15) is 38.1 Å². The Morgan fingerprint density at radius 3 is 2.59 bits per heavy atom. The molecule has 0 atom stereocenters. The van der Waals surface area contributed by atoms with E-state index in [4.69, 9.17) is 9.47 Å². The zero-order valence-electron chi connectivity index (χ0n) is 10.8. The fourth-order valence-corrected chi connectivity index (χ4v) is 1.56. The smallest absolute Gasteiger partial charge is 0.195 e. The van der Waals surface area contributed by atoms with Gasteiger partial charge < -0.3 is 9.47 Å². The fourth-order valence-electron chi connectivity index (χ4n) is 1.56. The average molecular weight is 237 g/mol. The number of hydrogen-bond donors (Lipinski definition) is 0. The molecular weight excluding hydrogens is 218 g/mol. The van der Waals surface area contributed by atoms with Crippen molar-refractivity contribution in [1.29, 1.82) is 0 Å². The van der Waals surface area contributed by atoms with Crippen molar-refractivity contribution < 1.29 is 14.3 Å². The second-order valence-electron chi connectivity index (χ2n) is 4.11. The Morgan fingerprint density at radius 1 is 1.29 bits per heavy atom. The highest BCUT2D eigenvalue weighted by atomic mass is 16.5. The van der Waals surface area contributed by atoms with E-state index >= 15 is 0 Å². The molecule has 0 aliphatic rings. The Labute approximate surface area is 102 Å². The average Bonchev–Trinajstić information content (AvgIpc) is 2.29. The molecule has 0 aliphatic heterocycles. The Kier molecular flexibility index (Phi) is 4.63. The van der Waals surface area contributed by atoms with Gasteiger partial charge in [0.1, 0.15) is 11.4 Å². The minimum absolute atomic E-state index is 0.0894. The molecule has 4 heteroatoms. The summed E-state index contributed by atoms with van der Waals surface area (Å²) in [6.07, 6.45) is 3.12. The summed E-state index contributed by atoms with van der Waals surface area (Å²) in [6.45, 7) is 8.31. The second-order valence-corrected chi connectivity index (χ2v) is 4.11. The van der Waals surface area contributed by atoms with Crippen LogP contribution in [0.5, 0.6) is 5.75 Å². The molecule has 0 spiro atoms. The van der Waals surface area contributed by atoms with Crippen LogP contribution in [0.3, 0.4) is 0 Å². The number of nitrogens with zero attached hydrogens (tertiary/aromatic N) is 1. The first-order valence-electron chi connectivity index (χ1n) is 5.78. The third-order valence-corrected chi connectivity index (χ3v) is 2.34. The van der Waals surface area contributed by atoms with Crippen molar-refractivity contribution in [2.24, 2.45) is 0 Å². The first-order chi connectivity index (χ1) is 8.01. The van der Waals surface area contributed by atoms with E-state index in [1.807, 2.05) is 13.8 Å². The third kappa shape index (κ3) is 3.53. The first kappa shape index (κ1) is 13.6. The molecule has 1 aromatic heterocycles. The molecule has 0 radical (unpaired) electrons. The maximum Gasteiger partial charge on any atom is 0.195 e. The predicted molar refractivity (Wildman–Crippen MR) is 65.4 cm³/mol. The summed E-state index contributed by atoms with van der Waals surface area (Å²) in [6, 6.07) is 1.69. The summed E-state index contributed by atoms with van der Waals surface area (Å²) in [5, 5.41) is 0. The van der Waals surface area contributed by atoms with Crippen molar-refractivity contribution in [3.63, 3.8) is 0 Å². The molecule has 0 unspecified atom stereocenters. The molecule has 0 saturated carbocycles. The molecule has 4 nitrogen and oxygen atoms in total. The van der Waals surface area contributed by atoms with Gasteiger partial charge >= 0.3 is 0 Å². The Morgan fingerprint density at radius 2 is 2.00 bits per heavy atom. The minimum Gasteiger partial charge on any atom is -0.492 e. The van der Waals surface area contributed by atoms with Crippen molar-refractivity contribution in [2.75, 3.05) is 13.2 Å². The van der Waals surface area contributed by atoms with E-state index in [2.05, 4.69) is 4.98 Å². The van der Waals surface area contributed by atoms with Gasteiger partial charge in [-0.3, -0.25) is 9.78 Å². The van der Waals surface area contributed by atoms with Crippen molar-refractivity contribution in [1.82, 2.24) is 4.98 Å². The van der Waals surface area contributed by atoms with E-state index in [0.717, 1.165) is 0 Å². The summed E-state index contributed by atoms with van der Waals surface area (Å²) in [5.74, 6) is 0.513. The number of pyridine rings is 1. The fraction of sp³-hybridized carbons (Fsp3) is 0.538. The molecule has 1 aromatic rings. The molecule has 0 saturated heterocycles. The van der Waals surface area contributed by atoms with Gasteiger partial charge in [-0.05, 0) is 33.8 Å². The van der Waals surface area contributed by atoms with Gasteiger partial charge in [0.15, 0.2) is 5.78 Å². The normalized spacial score (nSPS) is 11.3. The summed E-state index contributed by atoms with van der Waals surface area (Å²) in [5.41, 5.74) is -0.323. The van der Waals surface area contributed by atoms with Crippen LogP contribution < -0.4 is 4.74 Å². The van der Waals surface area contributed by atoms with Crippen molar-refractivity contribution >= 4 is 5.78 Å². The van der Waals surface area contributed by atoms with Crippen LogP contribution in [0.2, 0.25) is 0 Å². The van der Waals surface area contributed by atoms with E-state index in [1.54, 1.807) is 26.1 Å². The molecule has 17 heavy (non-hydrogen) atoms. The van der Waals surface area contributed by atoms with Crippen molar-refractivity contribution in [3.8, 4) is 5.75 Å². The number of aromatic nitrogens is 1. The van der Waals surface area contributed by atoms with Gasteiger partial charge in [-0.25, -0.2) is 0 Å². The number of carbonyl (C=O) groups is 1. The highest BCUT2D eigenvalue weighted by Crippen LogP contribution is 2.19. The number of rotatable bonds is 6. The number of carbonyl (C=O) groups excluding carboxylic acids is 1. The quantitative estimate of drug-likeness (QED) is 0.713. The summed E-state index contributed by atoms with van der Waals surface area (Å²) in [4.78, 5) is 16.2. The van der Waals surface area contributed by atoms with Crippen LogP contribution in [-0.4, -0.2) is 29.6 Å². The lowest BCUT2D eigenvalue weighted by Crippen LogP contribution is -2.35. The van der Waals surface area contributed by atoms with Crippen LogP contribution in [0.25, 0.3) is 0 Å².